The van der Waals surface area contributed by atoms with Crippen molar-refractivity contribution in [1.29, 1.82) is 0 Å². The van der Waals surface area contributed by atoms with Crippen LogP contribution >= 0.6 is 0 Å². The molecule has 160 valence electrons. The Bertz CT molecular complexity index is 881. The van der Waals surface area contributed by atoms with Crippen molar-refractivity contribution < 1.29 is 28.7 Å². The molecule has 0 spiro atoms. The van der Waals surface area contributed by atoms with Gasteiger partial charge in [0.05, 0.1) is 6.61 Å². The zero-order valence-corrected chi connectivity index (χ0v) is 16.9. The van der Waals surface area contributed by atoms with Gasteiger partial charge in [-0.25, -0.2) is 4.79 Å². The fourth-order valence-electron chi connectivity index (χ4n) is 3.59. The summed E-state index contributed by atoms with van der Waals surface area (Å²) in [5.74, 6) is -1.89. The lowest BCUT2D eigenvalue weighted by molar-refractivity contribution is -0.136. The number of unbranched alkanes of at least 4 members (excludes halogenated alkanes) is 3. The van der Waals surface area contributed by atoms with Crippen molar-refractivity contribution in [3.63, 3.8) is 0 Å². The molecule has 2 heterocycles. The molecule has 1 atom stereocenters. The topological polar surface area (TPSA) is 122 Å². The number of fused-ring (bicyclic) bond motifs is 1. The zero-order chi connectivity index (χ0) is 21.7. The van der Waals surface area contributed by atoms with E-state index in [9.17, 15) is 24.0 Å². The van der Waals surface area contributed by atoms with Gasteiger partial charge in [-0.3, -0.25) is 29.8 Å². The van der Waals surface area contributed by atoms with Gasteiger partial charge in [-0.1, -0.05) is 32.3 Å². The first-order valence-electron chi connectivity index (χ1n) is 10.2. The van der Waals surface area contributed by atoms with E-state index in [2.05, 4.69) is 17.6 Å². The van der Waals surface area contributed by atoms with Gasteiger partial charge in [0.1, 0.15) is 6.04 Å². The Labute approximate surface area is 174 Å². The highest BCUT2D eigenvalue weighted by Crippen LogP contribution is 2.28. The first kappa shape index (κ1) is 21.5. The number of nitrogens with zero attached hydrogens (tertiary/aromatic N) is 1. The maximum Gasteiger partial charge on any atom is 0.414 e. The highest BCUT2D eigenvalue weighted by atomic mass is 16.5. The van der Waals surface area contributed by atoms with Crippen molar-refractivity contribution in [2.45, 2.75) is 58.0 Å². The number of nitrogens with one attached hydrogen (secondary N) is 2. The first-order valence-corrected chi connectivity index (χ1v) is 10.2. The number of carbonyl (C=O) groups is 5. The molecule has 0 bridgehead atoms. The summed E-state index contributed by atoms with van der Waals surface area (Å²) in [5.41, 5.74) is 1.13. The fraction of sp³-hybridized carbons (Fsp3) is 0.476. The number of carbonyl (C=O) groups excluding carboxylic acids is 5. The summed E-state index contributed by atoms with van der Waals surface area (Å²) in [6, 6.07) is 3.84. The van der Waals surface area contributed by atoms with Crippen LogP contribution in [0.15, 0.2) is 18.2 Å². The fourth-order valence-corrected chi connectivity index (χ4v) is 3.59. The summed E-state index contributed by atoms with van der Waals surface area (Å²) in [6.07, 6.45) is 3.43. The minimum Gasteiger partial charge on any atom is -0.449 e. The van der Waals surface area contributed by atoms with Crippen molar-refractivity contribution in [2.24, 2.45) is 0 Å². The number of hydrogen-bond acceptors (Lipinski definition) is 6. The third-order valence-electron chi connectivity index (χ3n) is 5.24. The lowest BCUT2D eigenvalue weighted by Gasteiger charge is -2.29. The molecule has 9 nitrogen and oxygen atoms in total. The minimum absolute atomic E-state index is 0.148. The summed E-state index contributed by atoms with van der Waals surface area (Å²) >= 11 is 0. The lowest BCUT2D eigenvalue weighted by Crippen LogP contribution is -2.52. The summed E-state index contributed by atoms with van der Waals surface area (Å²) < 4.78 is 4.99. The monoisotopic (exact) mass is 415 g/mol. The molecule has 1 aromatic rings. The Hall–Kier alpha value is -3.23. The molecular weight excluding hydrogens is 390 g/mol. The van der Waals surface area contributed by atoms with Crippen LogP contribution < -0.4 is 10.6 Å². The number of ether oxygens (including phenoxy) is 1. The van der Waals surface area contributed by atoms with E-state index in [4.69, 9.17) is 4.74 Å². The van der Waals surface area contributed by atoms with Crippen LogP contribution in [0.3, 0.4) is 0 Å². The summed E-state index contributed by atoms with van der Waals surface area (Å²) in [4.78, 5) is 61.7. The molecule has 0 aromatic heterocycles. The molecule has 0 radical (unpaired) electrons. The molecule has 1 saturated heterocycles. The van der Waals surface area contributed by atoms with Crippen LogP contribution in [-0.4, -0.2) is 47.3 Å². The van der Waals surface area contributed by atoms with E-state index in [0.717, 1.165) is 25.7 Å². The molecule has 1 fully saturated rings. The number of imide groups is 2. The van der Waals surface area contributed by atoms with Crippen molar-refractivity contribution in [3.8, 4) is 0 Å². The largest absolute Gasteiger partial charge is 0.449 e. The van der Waals surface area contributed by atoms with E-state index in [1.54, 1.807) is 6.07 Å². The molecule has 1 unspecified atom stereocenters. The summed E-state index contributed by atoms with van der Waals surface area (Å²) in [5, 5.41) is 4.40. The highest BCUT2D eigenvalue weighted by Gasteiger charge is 2.39. The third kappa shape index (κ3) is 4.84. The van der Waals surface area contributed by atoms with Crippen LogP contribution in [0.25, 0.3) is 0 Å². The van der Waals surface area contributed by atoms with E-state index in [-0.39, 0.29) is 43.4 Å². The molecule has 9 heteroatoms. The van der Waals surface area contributed by atoms with E-state index in [0.29, 0.717) is 11.1 Å². The van der Waals surface area contributed by atoms with Gasteiger partial charge < -0.3 is 9.64 Å². The number of benzene rings is 1. The standard InChI is InChI=1S/C21H25N3O6/c1-2-3-4-5-10-30-21(29)23-18(26)13-6-7-14-12-24(20(28)15(14)11-13)16-8-9-17(25)22-19(16)27/h6-7,11,16H,2-5,8-10,12H2,1H3,(H,22,25,27)(H,23,26,29). The van der Waals surface area contributed by atoms with Crippen LogP contribution in [0.4, 0.5) is 4.79 Å². The van der Waals surface area contributed by atoms with Crippen molar-refractivity contribution in [3.05, 3.63) is 34.9 Å². The van der Waals surface area contributed by atoms with E-state index >= 15 is 0 Å². The predicted octanol–water partition coefficient (Wildman–Crippen LogP) is 1.89. The van der Waals surface area contributed by atoms with Gasteiger partial charge in [0, 0.05) is 24.1 Å². The van der Waals surface area contributed by atoms with Crippen molar-refractivity contribution >= 4 is 29.7 Å². The molecule has 2 aliphatic rings. The Balaban J connectivity index is 1.59. The number of alkyl carbamates (subject to hydrolysis) is 1. The first-order chi connectivity index (χ1) is 14.4. The molecule has 0 aliphatic carbocycles. The second-order valence-corrected chi connectivity index (χ2v) is 7.42. The zero-order valence-electron chi connectivity index (χ0n) is 16.9. The molecule has 0 saturated carbocycles. The average molecular weight is 415 g/mol. The lowest BCUT2D eigenvalue weighted by atomic mass is 10.0. The second-order valence-electron chi connectivity index (χ2n) is 7.42. The smallest absolute Gasteiger partial charge is 0.414 e. The van der Waals surface area contributed by atoms with E-state index < -0.39 is 23.9 Å². The van der Waals surface area contributed by atoms with Crippen LogP contribution in [0.5, 0.6) is 0 Å². The molecule has 1 aromatic carbocycles. The summed E-state index contributed by atoms with van der Waals surface area (Å²) in [6.45, 7) is 2.54. The highest BCUT2D eigenvalue weighted by molar-refractivity contribution is 6.08. The van der Waals surface area contributed by atoms with Crippen molar-refractivity contribution in [1.82, 2.24) is 15.5 Å². The maximum absolute atomic E-state index is 12.8. The molecule has 2 aliphatic heterocycles. The maximum atomic E-state index is 12.8. The van der Waals surface area contributed by atoms with Gasteiger partial charge >= 0.3 is 6.09 Å². The van der Waals surface area contributed by atoms with Gasteiger partial charge in [-0.05, 0) is 30.5 Å². The van der Waals surface area contributed by atoms with Gasteiger partial charge in [-0.15, -0.1) is 0 Å². The summed E-state index contributed by atoms with van der Waals surface area (Å²) in [7, 11) is 0. The van der Waals surface area contributed by atoms with Crippen LogP contribution in [0.2, 0.25) is 0 Å². The SMILES string of the molecule is CCCCCCOC(=O)NC(=O)c1ccc2c(c1)C(=O)N(C1CCC(=O)NC1=O)C2. The quantitative estimate of drug-likeness (QED) is 0.518. The number of rotatable bonds is 7. The van der Waals surface area contributed by atoms with Crippen LogP contribution in [0, 0.1) is 0 Å². The van der Waals surface area contributed by atoms with Gasteiger partial charge in [0.2, 0.25) is 11.8 Å². The normalized spacial score (nSPS) is 18.1. The van der Waals surface area contributed by atoms with Gasteiger partial charge in [-0.2, -0.15) is 0 Å². The van der Waals surface area contributed by atoms with Gasteiger partial charge in [0.15, 0.2) is 0 Å². The predicted molar refractivity (Wildman–Crippen MR) is 105 cm³/mol. The Morgan fingerprint density at radius 2 is 2.00 bits per heavy atom. The third-order valence-corrected chi connectivity index (χ3v) is 5.24. The van der Waals surface area contributed by atoms with Gasteiger partial charge in [0.25, 0.3) is 11.8 Å². The number of hydrogen-bond donors (Lipinski definition) is 2. The Morgan fingerprint density at radius 3 is 2.73 bits per heavy atom. The van der Waals surface area contributed by atoms with Crippen molar-refractivity contribution in [2.75, 3.05) is 6.61 Å². The molecule has 2 N–H and O–H groups in total. The molecule has 30 heavy (non-hydrogen) atoms. The minimum atomic E-state index is -0.825. The molecule has 5 amide bonds. The number of piperidine rings is 1. The molecular formula is C21H25N3O6. The van der Waals surface area contributed by atoms with Crippen LogP contribution in [-0.2, 0) is 20.9 Å². The average Bonchev–Trinajstić information content (AvgIpc) is 3.03. The van der Waals surface area contributed by atoms with E-state index in [1.807, 2.05) is 0 Å². The Kier molecular flexibility index (Phi) is 6.81. The second kappa shape index (κ2) is 9.51. The molecule has 3 rings (SSSR count). The van der Waals surface area contributed by atoms with Crippen LogP contribution in [0.1, 0.15) is 71.7 Å². The van der Waals surface area contributed by atoms with E-state index in [1.165, 1.54) is 17.0 Å². The Morgan fingerprint density at radius 1 is 1.20 bits per heavy atom. The number of amides is 5.